The van der Waals surface area contributed by atoms with Crippen LogP contribution in [-0.4, -0.2) is 19.1 Å². The SMILES string of the molecule is CCN(CC)c1ccc(NC(=O)Nc2cc(Cl)ccc2C)cc1. The number of aryl methyl sites for hydroxylation is 1. The first-order chi connectivity index (χ1) is 11.0. The molecular weight excluding hydrogens is 310 g/mol. The van der Waals surface area contributed by atoms with Gasteiger partial charge in [0.05, 0.1) is 0 Å². The molecule has 0 bridgehead atoms. The van der Waals surface area contributed by atoms with Gasteiger partial charge in [-0.2, -0.15) is 0 Å². The van der Waals surface area contributed by atoms with E-state index in [1.807, 2.05) is 37.3 Å². The van der Waals surface area contributed by atoms with Crippen molar-refractivity contribution in [3.05, 3.63) is 53.1 Å². The molecule has 0 unspecified atom stereocenters. The van der Waals surface area contributed by atoms with Crippen molar-refractivity contribution in [2.24, 2.45) is 0 Å². The molecule has 0 heterocycles. The van der Waals surface area contributed by atoms with Crippen LogP contribution in [0.15, 0.2) is 42.5 Å². The van der Waals surface area contributed by atoms with Crippen LogP contribution in [0.1, 0.15) is 19.4 Å². The third kappa shape index (κ3) is 4.63. The van der Waals surface area contributed by atoms with Crippen LogP contribution < -0.4 is 15.5 Å². The number of anilines is 3. The van der Waals surface area contributed by atoms with Gasteiger partial charge in [-0.1, -0.05) is 17.7 Å². The number of carbonyl (C=O) groups is 1. The number of benzene rings is 2. The van der Waals surface area contributed by atoms with E-state index in [4.69, 9.17) is 11.6 Å². The van der Waals surface area contributed by atoms with E-state index in [0.29, 0.717) is 10.7 Å². The summed E-state index contributed by atoms with van der Waals surface area (Å²) in [7, 11) is 0. The molecule has 0 aliphatic rings. The Morgan fingerprint density at radius 1 is 1.04 bits per heavy atom. The Balaban J connectivity index is 2.01. The van der Waals surface area contributed by atoms with Gasteiger partial charge in [0.25, 0.3) is 0 Å². The maximum absolute atomic E-state index is 12.1. The molecule has 2 rings (SSSR count). The fourth-order valence-corrected chi connectivity index (χ4v) is 2.53. The number of urea groups is 1. The lowest BCUT2D eigenvalue weighted by Gasteiger charge is -2.21. The zero-order chi connectivity index (χ0) is 16.8. The first kappa shape index (κ1) is 17.2. The van der Waals surface area contributed by atoms with Crippen molar-refractivity contribution in [3.8, 4) is 0 Å². The number of rotatable bonds is 5. The molecule has 0 atom stereocenters. The zero-order valence-electron chi connectivity index (χ0n) is 13.7. The number of hydrogen-bond acceptors (Lipinski definition) is 2. The summed E-state index contributed by atoms with van der Waals surface area (Å²) in [5.74, 6) is 0. The third-order valence-electron chi connectivity index (χ3n) is 3.70. The summed E-state index contributed by atoms with van der Waals surface area (Å²) < 4.78 is 0. The van der Waals surface area contributed by atoms with Gasteiger partial charge < -0.3 is 15.5 Å². The lowest BCUT2D eigenvalue weighted by Crippen LogP contribution is -2.22. The maximum Gasteiger partial charge on any atom is 0.323 e. The summed E-state index contributed by atoms with van der Waals surface area (Å²) in [4.78, 5) is 14.3. The lowest BCUT2D eigenvalue weighted by molar-refractivity contribution is 0.262. The third-order valence-corrected chi connectivity index (χ3v) is 3.94. The van der Waals surface area contributed by atoms with Gasteiger partial charge in [-0.05, 0) is 62.7 Å². The Hall–Kier alpha value is -2.20. The smallest absolute Gasteiger partial charge is 0.323 e. The summed E-state index contributed by atoms with van der Waals surface area (Å²) >= 11 is 5.96. The van der Waals surface area contributed by atoms with Crippen molar-refractivity contribution in [2.45, 2.75) is 20.8 Å². The van der Waals surface area contributed by atoms with Crippen LogP contribution in [0.5, 0.6) is 0 Å². The van der Waals surface area contributed by atoms with Gasteiger partial charge in [0.1, 0.15) is 0 Å². The van der Waals surface area contributed by atoms with E-state index in [0.717, 1.165) is 30.0 Å². The minimum atomic E-state index is -0.286. The summed E-state index contributed by atoms with van der Waals surface area (Å²) in [6.07, 6.45) is 0. The van der Waals surface area contributed by atoms with Crippen molar-refractivity contribution < 1.29 is 4.79 Å². The number of hydrogen-bond donors (Lipinski definition) is 2. The largest absolute Gasteiger partial charge is 0.372 e. The second-order valence-electron chi connectivity index (χ2n) is 5.26. The van der Waals surface area contributed by atoms with Gasteiger partial charge in [0.2, 0.25) is 0 Å². The molecule has 0 aliphatic carbocycles. The molecule has 0 fully saturated rings. The Bertz CT molecular complexity index is 666. The molecule has 4 nitrogen and oxygen atoms in total. The van der Waals surface area contributed by atoms with Crippen LogP contribution in [0.3, 0.4) is 0 Å². The van der Waals surface area contributed by atoms with Crippen molar-refractivity contribution in [3.63, 3.8) is 0 Å². The van der Waals surface area contributed by atoms with Crippen LogP contribution in [0.4, 0.5) is 21.9 Å². The molecule has 2 aromatic carbocycles. The first-order valence-corrected chi connectivity index (χ1v) is 8.10. The Kier molecular flexibility index (Phi) is 5.88. The van der Waals surface area contributed by atoms with Gasteiger partial charge in [0.15, 0.2) is 0 Å². The van der Waals surface area contributed by atoms with E-state index in [1.165, 1.54) is 0 Å². The number of nitrogens with one attached hydrogen (secondary N) is 2. The summed E-state index contributed by atoms with van der Waals surface area (Å²) in [6.45, 7) is 8.08. The van der Waals surface area contributed by atoms with E-state index < -0.39 is 0 Å². The van der Waals surface area contributed by atoms with Gasteiger partial charge >= 0.3 is 6.03 Å². The zero-order valence-corrected chi connectivity index (χ0v) is 14.4. The predicted molar refractivity (Wildman–Crippen MR) is 98.8 cm³/mol. The van der Waals surface area contributed by atoms with Crippen LogP contribution in [0.25, 0.3) is 0 Å². The Labute approximate surface area is 142 Å². The number of amides is 2. The van der Waals surface area contributed by atoms with E-state index in [-0.39, 0.29) is 6.03 Å². The van der Waals surface area contributed by atoms with Crippen molar-refractivity contribution in [1.82, 2.24) is 0 Å². The van der Waals surface area contributed by atoms with Gasteiger partial charge in [0, 0.05) is 35.2 Å². The highest BCUT2D eigenvalue weighted by molar-refractivity contribution is 6.31. The van der Waals surface area contributed by atoms with Gasteiger partial charge in [-0.3, -0.25) is 0 Å². The Morgan fingerprint density at radius 3 is 2.30 bits per heavy atom. The average molecular weight is 332 g/mol. The summed E-state index contributed by atoms with van der Waals surface area (Å²) in [5, 5.41) is 6.23. The molecule has 2 amide bonds. The number of nitrogens with zero attached hydrogens (tertiary/aromatic N) is 1. The average Bonchev–Trinajstić information content (AvgIpc) is 2.53. The predicted octanol–water partition coefficient (Wildman–Crippen LogP) is 5.14. The molecule has 2 aromatic rings. The molecule has 122 valence electrons. The van der Waals surface area contributed by atoms with E-state index in [9.17, 15) is 4.79 Å². The molecule has 2 N–H and O–H groups in total. The minimum absolute atomic E-state index is 0.286. The van der Waals surface area contributed by atoms with E-state index in [1.54, 1.807) is 12.1 Å². The quantitative estimate of drug-likeness (QED) is 0.796. The van der Waals surface area contributed by atoms with E-state index in [2.05, 4.69) is 29.4 Å². The van der Waals surface area contributed by atoms with Gasteiger partial charge in [-0.25, -0.2) is 4.79 Å². The highest BCUT2D eigenvalue weighted by Crippen LogP contribution is 2.21. The van der Waals surface area contributed by atoms with E-state index >= 15 is 0 Å². The molecule has 0 radical (unpaired) electrons. The molecule has 0 aliphatic heterocycles. The maximum atomic E-state index is 12.1. The normalized spacial score (nSPS) is 10.3. The second kappa shape index (κ2) is 7.88. The van der Waals surface area contributed by atoms with Crippen LogP contribution in [-0.2, 0) is 0 Å². The fraction of sp³-hybridized carbons (Fsp3) is 0.278. The van der Waals surface area contributed by atoms with Crippen LogP contribution in [0.2, 0.25) is 5.02 Å². The number of carbonyl (C=O) groups excluding carboxylic acids is 1. The lowest BCUT2D eigenvalue weighted by atomic mass is 10.2. The fourth-order valence-electron chi connectivity index (χ4n) is 2.36. The van der Waals surface area contributed by atoms with Crippen molar-refractivity contribution >= 4 is 34.7 Å². The Morgan fingerprint density at radius 2 is 1.70 bits per heavy atom. The van der Waals surface area contributed by atoms with Crippen molar-refractivity contribution in [2.75, 3.05) is 28.6 Å². The monoisotopic (exact) mass is 331 g/mol. The molecule has 0 saturated heterocycles. The molecule has 0 saturated carbocycles. The second-order valence-corrected chi connectivity index (χ2v) is 5.69. The van der Waals surface area contributed by atoms with Crippen molar-refractivity contribution in [1.29, 1.82) is 0 Å². The molecule has 0 spiro atoms. The molecule has 5 heteroatoms. The summed E-state index contributed by atoms with van der Waals surface area (Å²) in [6, 6.07) is 12.9. The first-order valence-electron chi connectivity index (χ1n) is 7.72. The summed E-state index contributed by atoms with van der Waals surface area (Å²) in [5.41, 5.74) is 3.56. The highest BCUT2D eigenvalue weighted by Gasteiger charge is 2.07. The molecular formula is C18H22ClN3O. The van der Waals surface area contributed by atoms with Crippen LogP contribution in [0, 0.1) is 6.92 Å². The van der Waals surface area contributed by atoms with Crippen LogP contribution >= 0.6 is 11.6 Å². The topological polar surface area (TPSA) is 44.4 Å². The molecule has 0 aromatic heterocycles. The standard InChI is InChI=1S/C18H22ClN3O/c1-4-22(5-2)16-10-8-15(9-11-16)20-18(23)21-17-12-14(19)7-6-13(17)3/h6-12H,4-5H2,1-3H3,(H2,20,21,23). The molecule has 23 heavy (non-hydrogen) atoms. The minimum Gasteiger partial charge on any atom is -0.372 e. The number of halogens is 1. The van der Waals surface area contributed by atoms with Gasteiger partial charge in [-0.15, -0.1) is 0 Å². The highest BCUT2D eigenvalue weighted by atomic mass is 35.5.